The second-order valence-electron chi connectivity index (χ2n) is 8.34. The number of thiazole rings is 1. The van der Waals surface area contributed by atoms with Gasteiger partial charge in [-0.25, -0.2) is 4.98 Å². The van der Waals surface area contributed by atoms with Crippen molar-refractivity contribution in [2.75, 3.05) is 0 Å². The van der Waals surface area contributed by atoms with Gasteiger partial charge < -0.3 is 4.74 Å². The Morgan fingerprint density at radius 2 is 2.19 bits per heavy atom. The highest BCUT2D eigenvalue weighted by Crippen LogP contribution is 2.54. The molecular weight excluding hydrogens is 346 g/mol. The summed E-state index contributed by atoms with van der Waals surface area (Å²) in [5.41, 5.74) is 0.291. The van der Waals surface area contributed by atoms with E-state index in [0.717, 1.165) is 43.5 Å². The summed E-state index contributed by atoms with van der Waals surface area (Å²) >= 11 is 1.55. The lowest BCUT2D eigenvalue weighted by Gasteiger charge is -2.40. The normalized spacial score (nSPS) is 27.8. The molecule has 4 atom stereocenters. The molecule has 0 bridgehead atoms. The summed E-state index contributed by atoms with van der Waals surface area (Å²) in [5, 5.41) is 2.81. The Hall–Kier alpha value is -1.23. The van der Waals surface area contributed by atoms with E-state index in [0.29, 0.717) is 23.0 Å². The van der Waals surface area contributed by atoms with Crippen LogP contribution in [0.2, 0.25) is 0 Å². The average molecular weight is 378 g/mol. The second-order valence-corrected chi connectivity index (χ2v) is 9.26. The molecule has 144 valence electrons. The zero-order chi connectivity index (χ0) is 18.6. The van der Waals surface area contributed by atoms with E-state index in [1.807, 2.05) is 5.38 Å². The van der Waals surface area contributed by atoms with Crippen molar-refractivity contribution >= 4 is 23.1 Å². The van der Waals surface area contributed by atoms with E-state index < -0.39 is 0 Å². The highest BCUT2D eigenvalue weighted by Gasteiger charge is 2.48. The maximum Gasteiger partial charge on any atom is 0.303 e. The van der Waals surface area contributed by atoms with Gasteiger partial charge in [0.25, 0.3) is 0 Å². The van der Waals surface area contributed by atoms with Gasteiger partial charge in [0.05, 0.1) is 0 Å². The van der Waals surface area contributed by atoms with E-state index in [2.05, 4.69) is 11.9 Å². The van der Waals surface area contributed by atoms with Crippen LogP contribution in [0.25, 0.3) is 0 Å². The number of carbonyl (C=O) groups is 2. The number of ether oxygens (including phenoxy) is 1. The zero-order valence-electron chi connectivity index (χ0n) is 16.0. The first-order chi connectivity index (χ1) is 12.5. The summed E-state index contributed by atoms with van der Waals surface area (Å²) in [6, 6.07) is 0. The van der Waals surface area contributed by atoms with Crippen LogP contribution in [0, 0.1) is 17.3 Å². The number of ketones is 1. The minimum Gasteiger partial charge on any atom is -0.455 e. The van der Waals surface area contributed by atoms with Crippen LogP contribution in [0.5, 0.6) is 0 Å². The zero-order valence-corrected chi connectivity index (χ0v) is 16.9. The first-order valence-corrected chi connectivity index (χ1v) is 11.0. The second kappa shape index (κ2) is 8.64. The van der Waals surface area contributed by atoms with Crippen LogP contribution < -0.4 is 0 Å². The Labute approximate surface area is 160 Å². The molecule has 0 amide bonds. The molecule has 1 unspecified atom stereocenters. The fourth-order valence-corrected chi connectivity index (χ4v) is 6.05. The molecule has 1 aromatic rings. The number of aromatic nitrogens is 1. The number of rotatable bonds is 8. The van der Waals surface area contributed by atoms with Crippen molar-refractivity contribution in [1.29, 1.82) is 0 Å². The third-order valence-electron chi connectivity index (χ3n) is 6.35. The maximum absolute atomic E-state index is 12.3. The van der Waals surface area contributed by atoms with E-state index in [9.17, 15) is 9.59 Å². The maximum atomic E-state index is 12.3. The molecule has 5 heteroatoms. The number of fused-ring (bicyclic) bond motifs is 1. The monoisotopic (exact) mass is 377 g/mol. The van der Waals surface area contributed by atoms with Crippen molar-refractivity contribution in [2.45, 2.75) is 84.2 Å². The highest BCUT2D eigenvalue weighted by molar-refractivity contribution is 7.09. The van der Waals surface area contributed by atoms with Crippen molar-refractivity contribution in [2.24, 2.45) is 17.3 Å². The quantitative estimate of drug-likeness (QED) is 0.563. The first kappa shape index (κ1) is 19.5. The van der Waals surface area contributed by atoms with Crippen molar-refractivity contribution in [3.8, 4) is 0 Å². The molecule has 0 aliphatic heterocycles. The van der Waals surface area contributed by atoms with Crippen LogP contribution in [0.3, 0.4) is 0 Å². The smallest absolute Gasteiger partial charge is 0.303 e. The molecule has 2 fully saturated rings. The first-order valence-electron chi connectivity index (χ1n) is 10.1. The number of Topliss-reactive ketones (excluding diaryl/α,β-unsaturated/α-hetero) is 1. The van der Waals surface area contributed by atoms with Crippen molar-refractivity contribution in [1.82, 2.24) is 4.98 Å². The van der Waals surface area contributed by atoms with E-state index in [4.69, 9.17) is 4.74 Å². The molecule has 1 aromatic heterocycles. The van der Waals surface area contributed by atoms with E-state index >= 15 is 0 Å². The van der Waals surface area contributed by atoms with Crippen molar-refractivity contribution in [3.05, 3.63) is 16.6 Å². The lowest BCUT2D eigenvalue weighted by Crippen LogP contribution is -2.36. The van der Waals surface area contributed by atoms with Crippen LogP contribution in [0.1, 0.15) is 89.2 Å². The Morgan fingerprint density at radius 3 is 2.92 bits per heavy atom. The summed E-state index contributed by atoms with van der Waals surface area (Å²) in [7, 11) is 0. The molecule has 0 aromatic carbocycles. The third-order valence-corrected chi connectivity index (χ3v) is 7.21. The standard InChI is InChI=1S/C21H31NO3S/c1-15(14-21-10-4-7-17(21)18(24)8-5-11-21)6-3-9-19(25-16(2)23)20-22-12-13-26-20/h12-13,15,17,19H,3-11,14H2,1-2H3/t15-,17-,19?,21-/m1/s1. The third kappa shape index (κ3) is 4.54. The molecule has 2 aliphatic carbocycles. The van der Waals surface area contributed by atoms with Crippen LogP contribution in [-0.2, 0) is 14.3 Å². The van der Waals surface area contributed by atoms with Gasteiger partial charge in [0.1, 0.15) is 10.8 Å². The molecule has 1 heterocycles. The Kier molecular flexibility index (Phi) is 6.49. The minimum atomic E-state index is -0.244. The van der Waals surface area contributed by atoms with Crippen LogP contribution in [-0.4, -0.2) is 16.7 Å². The van der Waals surface area contributed by atoms with Crippen molar-refractivity contribution < 1.29 is 14.3 Å². The van der Waals surface area contributed by atoms with Gasteiger partial charge in [-0.3, -0.25) is 9.59 Å². The molecule has 2 saturated carbocycles. The molecule has 0 saturated heterocycles. The topological polar surface area (TPSA) is 56.3 Å². The van der Waals surface area contributed by atoms with E-state index in [1.165, 1.54) is 32.6 Å². The van der Waals surface area contributed by atoms with Gasteiger partial charge in [0.15, 0.2) is 6.10 Å². The van der Waals surface area contributed by atoms with Crippen LogP contribution in [0.15, 0.2) is 11.6 Å². The minimum absolute atomic E-state index is 0.214. The lowest BCUT2D eigenvalue weighted by atomic mass is 9.63. The molecule has 0 N–H and O–H groups in total. The van der Waals surface area contributed by atoms with Gasteiger partial charge in [-0.2, -0.15) is 0 Å². The largest absolute Gasteiger partial charge is 0.455 e. The summed E-state index contributed by atoms with van der Waals surface area (Å²) in [6.45, 7) is 3.79. The summed E-state index contributed by atoms with van der Waals surface area (Å²) < 4.78 is 5.47. The van der Waals surface area contributed by atoms with Gasteiger partial charge in [-0.05, 0) is 56.3 Å². The van der Waals surface area contributed by atoms with E-state index in [-0.39, 0.29) is 12.1 Å². The van der Waals surface area contributed by atoms with Gasteiger partial charge in [0, 0.05) is 30.8 Å². The molecule has 26 heavy (non-hydrogen) atoms. The molecule has 0 spiro atoms. The summed E-state index contributed by atoms with van der Waals surface area (Å²) in [4.78, 5) is 28.0. The molecule has 0 radical (unpaired) electrons. The number of hydrogen-bond acceptors (Lipinski definition) is 5. The number of carbonyl (C=O) groups excluding carboxylic acids is 2. The summed E-state index contributed by atoms with van der Waals surface area (Å²) in [5.74, 6) is 1.23. The number of nitrogens with zero attached hydrogens (tertiary/aromatic N) is 1. The average Bonchev–Trinajstić information content (AvgIpc) is 3.23. The van der Waals surface area contributed by atoms with Gasteiger partial charge in [-0.15, -0.1) is 11.3 Å². The Balaban J connectivity index is 1.51. The fourth-order valence-electron chi connectivity index (χ4n) is 5.35. The number of esters is 1. The van der Waals surface area contributed by atoms with Crippen molar-refractivity contribution in [3.63, 3.8) is 0 Å². The Morgan fingerprint density at radius 1 is 1.38 bits per heavy atom. The van der Waals surface area contributed by atoms with Crippen LogP contribution in [0.4, 0.5) is 0 Å². The highest BCUT2D eigenvalue weighted by atomic mass is 32.1. The van der Waals surface area contributed by atoms with Gasteiger partial charge in [0.2, 0.25) is 0 Å². The lowest BCUT2D eigenvalue weighted by molar-refractivity contribution is -0.147. The van der Waals surface area contributed by atoms with Gasteiger partial charge in [-0.1, -0.05) is 19.8 Å². The van der Waals surface area contributed by atoms with Crippen LogP contribution >= 0.6 is 11.3 Å². The van der Waals surface area contributed by atoms with E-state index in [1.54, 1.807) is 17.5 Å². The molecular formula is C21H31NO3S. The summed E-state index contributed by atoms with van der Waals surface area (Å²) in [6.07, 6.45) is 12.4. The number of hydrogen-bond donors (Lipinski definition) is 0. The molecule has 3 rings (SSSR count). The predicted octanol–water partition coefficient (Wildman–Crippen LogP) is 5.48. The fraction of sp³-hybridized carbons (Fsp3) is 0.762. The van der Waals surface area contributed by atoms with Gasteiger partial charge >= 0.3 is 5.97 Å². The SMILES string of the molecule is CC(=O)OC(CCC[C@@H](C)C[C@@]12CCCC(=O)[C@H]1CCC2)c1nccs1. The Bertz CT molecular complexity index is 615. The predicted molar refractivity (Wildman–Crippen MR) is 103 cm³/mol. The molecule has 4 nitrogen and oxygen atoms in total. The molecule has 2 aliphatic rings.